The minimum atomic E-state index is -1.03. The van der Waals surface area contributed by atoms with E-state index in [1.165, 1.54) is 0 Å². The minimum Gasteiger partial charge on any atom is -0.397 e. The summed E-state index contributed by atoms with van der Waals surface area (Å²) in [5.41, 5.74) is 0.920. The molecule has 7 nitrogen and oxygen atoms in total. The molecule has 0 aliphatic rings. The molecule has 0 atom stereocenters. The molecular weight excluding hydrogens is 253 g/mol. The van der Waals surface area contributed by atoms with Crippen LogP contribution >= 0.6 is 12.2 Å². The van der Waals surface area contributed by atoms with Gasteiger partial charge in [-0.3, -0.25) is 15.5 Å². The second kappa shape index (κ2) is 5.27. The third-order valence-corrected chi connectivity index (χ3v) is 2.00. The van der Waals surface area contributed by atoms with Gasteiger partial charge in [-0.25, -0.2) is 10.6 Å². The van der Waals surface area contributed by atoms with E-state index in [-0.39, 0.29) is 10.6 Å². The molecule has 1 amide bonds. The van der Waals surface area contributed by atoms with Crippen LogP contribution < -0.4 is 11.3 Å². The van der Waals surface area contributed by atoms with Crippen molar-refractivity contribution in [2.24, 2.45) is 5.84 Å². The van der Waals surface area contributed by atoms with Gasteiger partial charge in [-0.1, -0.05) is 0 Å². The average molecular weight is 259 g/mol. The molecule has 90 valence electrons. The number of rotatable bonds is 2. The quantitative estimate of drug-likeness (QED) is 0.270. The molecule has 0 saturated carbocycles. The molecule has 0 bridgehead atoms. The Kier molecular flexibility index (Phi) is 4.01. The second-order valence-electron chi connectivity index (χ2n) is 2.74. The molecule has 0 fully saturated rings. The van der Waals surface area contributed by atoms with E-state index in [9.17, 15) is 19.3 Å². The van der Waals surface area contributed by atoms with Gasteiger partial charge in [0.1, 0.15) is 0 Å². The van der Waals surface area contributed by atoms with Crippen molar-refractivity contribution in [2.45, 2.75) is 0 Å². The summed E-state index contributed by atoms with van der Waals surface area (Å²) in [7, 11) is 0. The molecule has 1 aromatic carbocycles. The van der Waals surface area contributed by atoms with Gasteiger partial charge in [-0.15, -0.1) is 0 Å². The fourth-order valence-corrected chi connectivity index (χ4v) is 1.15. The van der Waals surface area contributed by atoms with Crippen molar-refractivity contribution in [3.8, 4) is 0 Å². The maximum Gasteiger partial charge on any atom is 0.427 e. The fourth-order valence-electron chi connectivity index (χ4n) is 0.952. The maximum absolute atomic E-state index is 13.0. The molecule has 0 heterocycles. The monoisotopic (exact) mass is 259 g/mol. The maximum atomic E-state index is 13.0. The van der Waals surface area contributed by atoms with Crippen molar-refractivity contribution in [2.75, 3.05) is 0 Å². The van der Waals surface area contributed by atoms with Gasteiger partial charge in [-0.05, 0) is 24.4 Å². The molecule has 1 rings (SSSR count). The Labute approximate surface area is 99.5 Å². The zero-order valence-electron chi connectivity index (χ0n) is 8.18. The Morgan fingerprint density at radius 2 is 2.24 bits per heavy atom. The van der Waals surface area contributed by atoms with Crippen molar-refractivity contribution in [3.63, 3.8) is 0 Å². The zero-order valence-corrected chi connectivity index (χ0v) is 8.99. The van der Waals surface area contributed by atoms with Gasteiger partial charge < -0.3 is 4.74 Å². The Morgan fingerprint density at radius 3 is 2.76 bits per heavy atom. The molecule has 1 aromatic rings. The van der Waals surface area contributed by atoms with E-state index in [1.54, 1.807) is 5.43 Å². The number of nitrogens with zero attached hydrogens (tertiary/aromatic N) is 1. The highest BCUT2D eigenvalue weighted by molar-refractivity contribution is 7.80. The number of hydrogen-bond acceptors (Lipinski definition) is 6. The Bertz CT molecular complexity index is 494. The van der Waals surface area contributed by atoms with Gasteiger partial charge in [0.25, 0.3) is 0 Å². The van der Waals surface area contributed by atoms with Crippen molar-refractivity contribution in [1.82, 2.24) is 5.43 Å². The van der Waals surface area contributed by atoms with E-state index in [0.29, 0.717) is 0 Å². The minimum absolute atomic E-state index is 0.0247. The van der Waals surface area contributed by atoms with E-state index < -0.39 is 22.5 Å². The normalized spacial score (nSPS) is 9.53. The van der Waals surface area contributed by atoms with Crippen LogP contribution in [0.3, 0.4) is 0 Å². The lowest BCUT2D eigenvalue weighted by atomic mass is 10.2. The molecule has 0 unspecified atom stereocenters. The summed E-state index contributed by atoms with van der Waals surface area (Å²) in [5, 5.41) is 10.1. The summed E-state index contributed by atoms with van der Waals surface area (Å²) in [6.07, 6.45) is -1.03. The van der Waals surface area contributed by atoms with Crippen LogP contribution in [0.5, 0.6) is 0 Å². The van der Waals surface area contributed by atoms with Crippen LogP contribution in [-0.4, -0.2) is 16.1 Å². The predicted octanol–water partition coefficient (Wildman–Crippen LogP) is 1.01. The number of nitrogens with two attached hydrogens (primary N) is 1. The number of nitrogens with one attached hydrogen (secondary N) is 1. The van der Waals surface area contributed by atoms with Crippen molar-refractivity contribution in [1.29, 1.82) is 0 Å². The van der Waals surface area contributed by atoms with Crippen LogP contribution in [0.25, 0.3) is 0 Å². The molecule has 0 radical (unpaired) electrons. The van der Waals surface area contributed by atoms with Crippen LogP contribution in [0.15, 0.2) is 18.2 Å². The summed E-state index contributed by atoms with van der Waals surface area (Å²) < 4.78 is 17.5. The van der Waals surface area contributed by atoms with Gasteiger partial charge in [0, 0.05) is 11.6 Å². The number of hydrazine groups is 1. The molecule has 17 heavy (non-hydrogen) atoms. The SMILES string of the molecule is NNC(=O)OC(=S)c1ccc(F)c([N+](=O)[O-])c1. The summed E-state index contributed by atoms with van der Waals surface area (Å²) in [6, 6.07) is 2.86. The Balaban J connectivity index is 3.00. The number of carbonyl (C=O) groups excluding carboxylic acids is 1. The molecule has 0 spiro atoms. The van der Waals surface area contributed by atoms with Crippen LogP contribution in [0.2, 0.25) is 0 Å². The number of nitro groups is 1. The summed E-state index contributed by atoms with van der Waals surface area (Å²) in [5.74, 6) is 3.74. The predicted molar refractivity (Wildman–Crippen MR) is 58.6 cm³/mol. The standard InChI is InChI=1S/C8H6FN3O4S/c9-5-2-1-4(3-6(5)12(14)15)7(17)16-8(13)11-10/h1-3H,10H2,(H,11,13). The van der Waals surface area contributed by atoms with Gasteiger partial charge in [-0.2, -0.15) is 4.39 Å². The number of hydrogen-bond donors (Lipinski definition) is 2. The molecule has 3 N–H and O–H groups in total. The highest BCUT2D eigenvalue weighted by Gasteiger charge is 2.17. The number of halogens is 1. The number of nitro benzene ring substituents is 1. The highest BCUT2D eigenvalue weighted by atomic mass is 32.1. The van der Waals surface area contributed by atoms with Crippen LogP contribution in [0, 0.1) is 15.9 Å². The van der Waals surface area contributed by atoms with Gasteiger partial charge in [0.15, 0.2) is 0 Å². The van der Waals surface area contributed by atoms with Crippen LogP contribution in [0.4, 0.5) is 14.9 Å². The summed E-state index contributed by atoms with van der Waals surface area (Å²) >= 11 is 4.67. The topological polar surface area (TPSA) is 107 Å². The third-order valence-electron chi connectivity index (χ3n) is 1.68. The van der Waals surface area contributed by atoms with Gasteiger partial charge >= 0.3 is 11.8 Å². The molecule has 9 heteroatoms. The van der Waals surface area contributed by atoms with Gasteiger partial charge in [0.2, 0.25) is 10.9 Å². The number of amides is 1. The van der Waals surface area contributed by atoms with Gasteiger partial charge in [0.05, 0.1) is 4.92 Å². The highest BCUT2D eigenvalue weighted by Crippen LogP contribution is 2.19. The Morgan fingerprint density at radius 1 is 1.59 bits per heavy atom. The van der Waals surface area contributed by atoms with Crippen molar-refractivity contribution >= 4 is 29.0 Å². The van der Waals surface area contributed by atoms with E-state index in [0.717, 1.165) is 18.2 Å². The summed E-state index contributed by atoms with van der Waals surface area (Å²) in [6.45, 7) is 0. The van der Waals surface area contributed by atoms with Crippen molar-refractivity contribution < 1.29 is 18.8 Å². The lowest BCUT2D eigenvalue weighted by Crippen LogP contribution is -2.32. The molecular formula is C8H6FN3O4S. The number of ether oxygens (including phenoxy) is 1. The molecule has 0 aliphatic heterocycles. The zero-order chi connectivity index (χ0) is 13.0. The summed E-state index contributed by atoms with van der Waals surface area (Å²) in [4.78, 5) is 20.3. The largest absolute Gasteiger partial charge is 0.427 e. The lowest BCUT2D eigenvalue weighted by molar-refractivity contribution is -0.387. The third kappa shape index (κ3) is 3.16. The van der Waals surface area contributed by atoms with E-state index in [2.05, 4.69) is 17.0 Å². The second-order valence-corrected chi connectivity index (χ2v) is 3.12. The van der Waals surface area contributed by atoms with Crippen LogP contribution in [-0.2, 0) is 4.74 Å². The van der Waals surface area contributed by atoms with E-state index in [4.69, 9.17) is 5.84 Å². The molecule has 0 aromatic heterocycles. The first kappa shape index (κ1) is 12.9. The fraction of sp³-hybridized carbons (Fsp3) is 0. The van der Waals surface area contributed by atoms with E-state index in [1.807, 2.05) is 0 Å². The molecule has 0 aliphatic carbocycles. The molecule has 0 saturated heterocycles. The first-order valence-corrected chi connectivity index (χ1v) is 4.53. The van der Waals surface area contributed by atoms with E-state index >= 15 is 0 Å². The Hall–Kier alpha value is -2.13. The number of benzene rings is 1. The first-order chi connectivity index (χ1) is 7.95. The van der Waals surface area contributed by atoms with Crippen LogP contribution in [0.1, 0.15) is 5.56 Å². The van der Waals surface area contributed by atoms with Crippen molar-refractivity contribution in [3.05, 3.63) is 39.7 Å². The lowest BCUT2D eigenvalue weighted by Gasteiger charge is -2.04. The smallest absolute Gasteiger partial charge is 0.397 e. The average Bonchev–Trinajstić information content (AvgIpc) is 2.28. The number of carbonyl (C=O) groups is 1. The first-order valence-electron chi connectivity index (χ1n) is 4.12. The number of thiocarbonyl (C=S) groups is 1.